The molecule has 6 nitrogen and oxygen atoms in total. The molecule has 0 aliphatic carbocycles. The zero-order chi connectivity index (χ0) is 16.7. The van der Waals surface area contributed by atoms with Crippen LogP contribution in [-0.2, 0) is 11.3 Å². The van der Waals surface area contributed by atoms with Gasteiger partial charge < -0.3 is 9.15 Å². The van der Waals surface area contributed by atoms with Crippen molar-refractivity contribution in [1.82, 2.24) is 10.4 Å². The van der Waals surface area contributed by atoms with Gasteiger partial charge in [-0.15, -0.1) is 0 Å². The van der Waals surface area contributed by atoms with E-state index in [4.69, 9.17) is 9.15 Å². The Labute approximate surface area is 140 Å². The molecule has 0 saturated carbocycles. The highest BCUT2D eigenvalue weighted by Gasteiger charge is 2.31. The van der Waals surface area contributed by atoms with E-state index in [0.29, 0.717) is 18.4 Å². The predicted molar refractivity (Wildman–Crippen MR) is 93.2 cm³/mol. The van der Waals surface area contributed by atoms with Gasteiger partial charge in [-0.25, -0.2) is 15.0 Å². The van der Waals surface area contributed by atoms with E-state index in [0.717, 1.165) is 28.3 Å². The quantitative estimate of drug-likeness (QED) is 0.936. The summed E-state index contributed by atoms with van der Waals surface area (Å²) in [5.41, 5.74) is 5.03. The summed E-state index contributed by atoms with van der Waals surface area (Å²) in [6, 6.07) is 9.95. The standard InChI is InChI=1S/C18H20N4O2/c1-11(2)15-9-17(22-18(20-15)19-12(3)21-22)23-10-14-8-13-6-4-5-7-16(13)24-14/h4-9,11,18H,10H2,1-3H3,(H,19,21). The number of rotatable bonds is 4. The molecule has 24 heavy (non-hydrogen) atoms. The van der Waals surface area contributed by atoms with Gasteiger partial charge in [0.1, 0.15) is 23.8 Å². The number of hydrogen-bond acceptors (Lipinski definition) is 6. The molecule has 1 aromatic carbocycles. The first-order valence-electron chi connectivity index (χ1n) is 8.10. The first-order valence-corrected chi connectivity index (χ1v) is 8.10. The topological polar surface area (TPSA) is 62.4 Å². The summed E-state index contributed by atoms with van der Waals surface area (Å²) in [6.45, 7) is 6.50. The van der Waals surface area contributed by atoms with Gasteiger partial charge in [-0.05, 0) is 25.0 Å². The van der Waals surface area contributed by atoms with Crippen LogP contribution in [0.3, 0.4) is 0 Å². The Morgan fingerprint density at radius 3 is 2.92 bits per heavy atom. The maximum absolute atomic E-state index is 6.02. The number of nitrogens with one attached hydrogen (secondary N) is 1. The number of ether oxygens (including phenoxy) is 1. The minimum absolute atomic E-state index is 0.293. The molecule has 1 N–H and O–H groups in total. The average Bonchev–Trinajstić information content (AvgIpc) is 3.13. The maximum atomic E-state index is 6.02. The number of aliphatic imine (C=N–C) groups is 2. The van der Waals surface area contributed by atoms with Crippen molar-refractivity contribution in [3.63, 3.8) is 0 Å². The Morgan fingerprint density at radius 2 is 2.12 bits per heavy atom. The van der Waals surface area contributed by atoms with Crippen LogP contribution >= 0.6 is 0 Å². The van der Waals surface area contributed by atoms with Gasteiger partial charge in [-0.1, -0.05) is 32.0 Å². The molecule has 0 bridgehead atoms. The molecule has 2 aliphatic heterocycles. The summed E-state index contributed by atoms with van der Waals surface area (Å²) in [6.07, 6.45) is 1.67. The van der Waals surface area contributed by atoms with Gasteiger partial charge in [0.15, 0.2) is 0 Å². The zero-order valence-corrected chi connectivity index (χ0v) is 14.0. The molecule has 1 atom stereocenters. The van der Waals surface area contributed by atoms with E-state index in [1.807, 2.05) is 48.3 Å². The summed E-state index contributed by atoms with van der Waals surface area (Å²) in [7, 11) is 0. The Balaban J connectivity index is 1.55. The molecule has 124 valence electrons. The van der Waals surface area contributed by atoms with Gasteiger partial charge in [0.2, 0.25) is 12.2 Å². The average molecular weight is 324 g/mol. The third-order valence-electron chi connectivity index (χ3n) is 4.03. The van der Waals surface area contributed by atoms with Gasteiger partial charge in [-0.2, -0.15) is 0 Å². The van der Waals surface area contributed by atoms with Crippen LogP contribution in [0.4, 0.5) is 0 Å². The first-order chi connectivity index (χ1) is 11.6. The fourth-order valence-electron chi connectivity index (χ4n) is 2.79. The lowest BCUT2D eigenvalue weighted by Gasteiger charge is -2.29. The van der Waals surface area contributed by atoms with E-state index < -0.39 is 0 Å². The second-order valence-electron chi connectivity index (χ2n) is 6.27. The Hall–Kier alpha value is -2.76. The molecule has 1 unspecified atom stereocenters. The molecule has 6 heteroatoms. The lowest BCUT2D eigenvalue weighted by molar-refractivity contribution is 0.0622. The molecule has 0 radical (unpaired) electrons. The fourth-order valence-corrected chi connectivity index (χ4v) is 2.79. The molecule has 0 spiro atoms. The van der Waals surface area contributed by atoms with Gasteiger partial charge in [-0.3, -0.25) is 5.43 Å². The summed E-state index contributed by atoms with van der Waals surface area (Å²) in [4.78, 5) is 9.13. The van der Waals surface area contributed by atoms with E-state index in [-0.39, 0.29) is 6.29 Å². The number of allylic oxidation sites excluding steroid dienone is 1. The summed E-state index contributed by atoms with van der Waals surface area (Å²) < 4.78 is 11.8. The molecule has 0 amide bonds. The Kier molecular flexibility index (Phi) is 3.52. The van der Waals surface area contributed by atoms with Crippen LogP contribution in [-0.4, -0.2) is 22.8 Å². The highest BCUT2D eigenvalue weighted by Crippen LogP contribution is 2.25. The van der Waals surface area contributed by atoms with Crippen molar-refractivity contribution in [3.05, 3.63) is 48.1 Å². The minimum atomic E-state index is -0.293. The number of amidine groups is 1. The van der Waals surface area contributed by atoms with E-state index in [1.165, 1.54) is 0 Å². The number of para-hydroxylation sites is 1. The number of benzene rings is 1. The third kappa shape index (κ3) is 2.64. The normalized spacial score (nSPS) is 19.8. The van der Waals surface area contributed by atoms with Crippen LogP contribution in [0, 0.1) is 5.92 Å². The van der Waals surface area contributed by atoms with Gasteiger partial charge in [0.25, 0.3) is 0 Å². The van der Waals surface area contributed by atoms with Crippen LogP contribution in [0.5, 0.6) is 0 Å². The monoisotopic (exact) mass is 324 g/mol. The Morgan fingerprint density at radius 1 is 1.29 bits per heavy atom. The molecule has 2 aromatic rings. The van der Waals surface area contributed by atoms with Crippen molar-refractivity contribution in [2.75, 3.05) is 0 Å². The van der Waals surface area contributed by atoms with Crippen molar-refractivity contribution in [3.8, 4) is 0 Å². The van der Waals surface area contributed by atoms with Crippen LogP contribution in [0.15, 0.2) is 56.7 Å². The molecular weight excluding hydrogens is 304 g/mol. The molecule has 3 heterocycles. The summed E-state index contributed by atoms with van der Waals surface area (Å²) >= 11 is 0. The van der Waals surface area contributed by atoms with Gasteiger partial charge in [0.05, 0.1) is 0 Å². The molecule has 2 aliphatic rings. The zero-order valence-electron chi connectivity index (χ0n) is 14.0. The van der Waals surface area contributed by atoms with Crippen LogP contribution < -0.4 is 5.43 Å². The first kappa shape index (κ1) is 14.8. The van der Waals surface area contributed by atoms with E-state index in [1.54, 1.807) is 0 Å². The summed E-state index contributed by atoms with van der Waals surface area (Å²) in [5.74, 6) is 2.64. The minimum Gasteiger partial charge on any atom is -0.470 e. The van der Waals surface area contributed by atoms with Gasteiger partial charge in [0, 0.05) is 17.2 Å². The second kappa shape index (κ2) is 5.70. The highest BCUT2D eigenvalue weighted by molar-refractivity contribution is 5.97. The molecule has 0 saturated heterocycles. The number of hydrogen-bond donors (Lipinski definition) is 1. The molecule has 4 rings (SSSR count). The maximum Gasteiger partial charge on any atom is 0.238 e. The molecule has 0 fully saturated rings. The number of hydrazine groups is 1. The second-order valence-corrected chi connectivity index (χ2v) is 6.27. The number of fused-ring (bicyclic) bond motifs is 2. The van der Waals surface area contributed by atoms with Crippen LogP contribution in [0.1, 0.15) is 26.5 Å². The van der Waals surface area contributed by atoms with E-state index in [9.17, 15) is 0 Å². The van der Waals surface area contributed by atoms with Crippen LogP contribution in [0.25, 0.3) is 11.0 Å². The Bertz CT molecular complexity index is 830. The van der Waals surface area contributed by atoms with Crippen molar-refractivity contribution in [2.24, 2.45) is 15.9 Å². The van der Waals surface area contributed by atoms with E-state index >= 15 is 0 Å². The summed E-state index contributed by atoms with van der Waals surface area (Å²) in [5, 5.41) is 2.92. The predicted octanol–water partition coefficient (Wildman–Crippen LogP) is 3.42. The lowest BCUT2D eigenvalue weighted by Crippen LogP contribution is -2.42. The fraction of sp³-hybridized carbons (Fsp3) is 0.333. The number of furan rings is 1. The third-order valence-corrected chi connectivity index (χ3v) is 4.03. The molecule has 1 aromatic heterocycles. The van der Waals surface area contributed by atoms with Crippen LogP contribution in [0.2, 0.25) is 0 Å². The van der Waals surface area contributed by atoms with E-state index in [2.05, 4.69) is 29.3 Å². The van der Waals surface area contributed by atoms with Gasteiger partial charge >= 0.3 is 0 Å². The van der Waals surface area contributed by atoms with Crippen molar-refractivity contribution < 1.29 is 9.15 Å². The van der Waals surface area contributed by atoms with Crippen molar-refractivity contribution in [1.29, 1.82) is 0 Å². The van der Waals surface area contributed by atoms with Crippen molar-refractivity contribution >= 4 is 22.5 Å². The number of nitrogens with zero attached hydrogens (tertiary/aromatic N) is 3. The largest absolute Gasteiger partial charge is 0.470 e. The lowest BCUT2D eigenvalue weighted by atomic mass is 10.1. The highest BCUT2D eigenvalue weighted by atomic mass is 16.5. The molecular formula is C18H20N4O2. The SMILES string of the molecule is CC1=NC2N=C(C(C)C)C=C(OCc3cc4ccccc4o3)N2N1. The van der Waals surface area contributed by atoms with Crippen molar-refractivity contribution in [2.45, 2.75) is 33.7 Å². The smallest absolute Gasteiger partial charge is 0.238 e.